The first-order chi connectivity index (χ1) is 16.2. The van der Waals surface area contributed by atoms with E-state index in [9.17, 15) is 14.9 Å². The second-order valence-corrected chi connectivity index (χ2v) is 10.6. The molecule has 1 aromatic rings. The molecule has 0 aliphatic carbocycles. The van der Waals surface area contributed by atoms with Gasteiger partial charge in [0, 0.05) is 31.7 Å². The predicted molar refractivity (Wildman–Crippen MR) is 142 cm³/mol. The van der Waals surface area contributed by atoms with E-state index in [0.717, 1.165) is 37.1 Å². The van der Waals surface area contributed by atoms with Gasteiger partial charge in [-0.3, -0.25) is 19.1 Å². The van der Waals surface area contributed by atoms with Gasteiger partial charge in [0.25, 0.3) is 11.5 Å². The number of amides is 1. The number of thioether (sulfide) groups is 1. The van der Waals surface area contributed by atoms with E-state index in [4.69, 9.17) is 17.0 Å². The molecule has 9 heteroatoms. The number of aromatic nitrogens is 1. The highest BCUT2D eigenvalue weighted by Gasteiger charge is 2.34. The molecular formula is C25H34N4O3S2. The van der Waals surface area contributed by atoms with Crippen molar-refractivity contribution in [2.45, 2.75) is 79.1 Å². The summed E-state index contributed by atoms with van der Waals surface area (Å²) in [6.45, 7) is 12.1. The Bertz CT molecular complexity index is 1080. The Balaban J connectivity index is 2.09. The van der Waals surface area contributed by atoms with Crippen molar-refractivity contribution in [3.63, 3.8) is 0 Å². The lowest BCUT2D eigenvalue weighted by Gasteiger charge is -2.39. The number of anilines is 1. The van der Waals surface area contributed by atoms with E-state index in [-0.39, 0.29) is 29.2 Å². The smallest absolute Gasteiger partial charge is 0.270 e. The Labute approximate surface area is 211 Å². The van der Waals surface area contributed by atoms with Gasteiger partial charge in [-0.25, -0.2) is 0 Å². The van der Waals surface area contributed by atoms with Gasteiger partial charge in [0.15, 0.2) is 0 Å². The summed E-state index contributed by atoms with van der Waals surface area (Å²) in [6.07, 6.45) is 6.07. The first-order valence-electron chi connectivity index (χ1n) is 12.1. The van der Waals surface area contributed by atoms with E-state index in [1.165, 1.54) is 11.8 Å². The van der Waals surface area contributed by atoms with Crippen molar-refractivity contribution in [3.05, 3.63) is 31.9 Å². The van der Waals surface area contributed by atoms with E-state index in [1.807, 2.05) is 26.8 Å². The number of thiocarbonyl (C=S) groups is 1. The van der Waals surface area contributed by atoms with Crippen LogP contribution in [0.4, 0.5) is 5.82 Å². The van der Waals surface area contributed by atoms with Crippen molar-refractivity contribution < 1.29 is 9.53 Å². The van der Waals surface area contributed by atoms with E-state index in [1.54, 1.807) is 16.4 Å². The molecule has 1 amide bonds. The third kappa shape index (κ3) is 5.40. The molecule has 0 bridgehead atoms. The van der Waals surface area contributed by atoms with Crippen LogP contribution in [-0.2, 0) is 16.1 Å². The van der Waals surface area contributed by atoms with Crippen LogP contribution in [0.5, 0.6) is 0 Å². The number of hydrogen-bond acceptors (Lipinski definition) is 7. The minimum absolute atomic E-state index is 0.00529. The number of ether oxygens (including phenoxy) is 1. The topological polar surface area (TPSA) is 78.6 Å². The molecule has 184 valence electrons. The van der Waals surface area contributed by atoms with Gasteiger partial charge in [0.05, 0.1) is 17.1 Å². The Morgan fingerprint density at radius 3 is 2.44 bits per heavy atom. The fraction of sp³-hybridized carbons (Fsp3) is 0.600. The normalized spacial score (nSPS) is 22.1. The number of nitriles is 1. The molecule has 0 spiro atoms. The molecule has 0 saturated carbocycles. The number of morpholine rings is 1. The molecule has 3 heterocycles. The average Bonchev–Trinajstić information content (AvgIpc) is 3.05. The molecule has 0 aromatic carbocycles. The average molecular weight is 503 g/mol. The van der Waals surface area contributed by atoms with E-state index in [2.05, 4.69) is 17.9 Å². The second-order valence-electron chi connectivity index (χ2n) is 8.95. The van der Waals surface area contributed by atoms with Crippen molar-refractivity contribution in [2.24, 2.45) is 0 Å². The van der Waals surface area contributed by atoms with Gasteiger partial charge in [0.2, 0.25) is 0 Å². The highest BCUT2D eigenvalue weighted by Crippen LogP contribution is 2.36. The Morgan fingerprint density at radius 2 is 1.85 bits per heavy atom. The van der Waals surface area contributed by atoms with Gasteiger partial charge >= 0.3 is 0 Å². The number of carbonyl (C=O) groups is 1. The monoisotopic (exact) mass is 502 g/mol. The number of nitrogens with zero attached hydrogens (tertiary/aromatic N) is 4. The first-order valence-corrected chi connectivity index (χ1v) is 13.3. The van der Waals surface area contributed by atoms with Crippen LogP contribution >= 0.6 is 24.0 Å². The molecule has 1 aromatic heterocycles. The van der Waals surface area contributed by atoms with Crippen LogP contribution in [0.15, 0.2) is 9.70 Å². The molecule has 34 heavy (non-hydrogen) atoms. The number of unbranched alkanes of at least 4 members (excludes halogenated alkanes) is 3. The molecule has 2 atom stereocenters. The Hall–Kier alpha value is -2.15. The molecule has 3 rings (SSSR count). The van der Waals surface area contributed by atoms with Gasteiger partial charge in [-0.05, 0) is 45.8 Å². The lowest BCUT2D eigenvalue weighted by molar-refractivity contribution is -0.122. The van der Waals surface area contributed by atoms with Crippen LogP contribution in [0.2, 0.25) is 0 Å². The second kappa shape index (κ2) is 11.5. The Kier molecular flexibility index (Phi) is 8.96. The minimum atomic E-state index is -0.301. The van der Waals surface area contributed by atoms with Crippen LogP contribution in [0, 0.1) is 18.3 Å². The SMILES string of the molecule is CCCCCCN1C(=O)/C(=C/c2c(C)c(C#N)c(=O)n(CC)c2N2CC(C)OC(C)C2)SC1=S. The summed E-state index contributed by atoms with van der Waals surface area (Å²) >= 11 is 6.81. The minimum Gasteiger partial charge on any atom is -0.372 e. The summed E-state index contributed by atoms with van der Waals surface area (Å²) in [5.74, 6) is 0.632. The summed E-state index contributed by atoms with van der Waals surface area (Å²) in [5, 5.41) is 9.75. The number of rotatable bonds is 8. The van der Waals surface area contributed by atoms with Crippen molar-refractivity contribution in [2.75, 3.05) is 24.5 Å². The van der Waals surface area contributed by atoms with Gasteiger partial charge in [-0.1, -0.05) is 50.2 Å². The van der Waals surface area contributed by atoms with E-state index < -0.39 is 0 Å². The third-order valence-electron chi connectivity index (χ3n) is 6.27. The molecule has 2 aliphatic heterocycles. The zero-order chi connectivity index (χ0) is 25.0. The maximum absolute atomic E-state index is 13.2. The summed E-state index contributed by atoms with van der Waals surface area (Å²) < 4.78 is 8.12. The summed E-state index contributed by atoms with van der Waals surface area (Å²) in [7, 11) is 0. The lowest BCUT2D eigenvalue weighted by atomic mass is 10.0. The largest absolute Gasteiger partial charge is 0.372 e. The number of pyridine rings is 1. The molecule has 2 aliphatic rings. The van der Waals surface area contributed by atoms with Crippen molar-refractivity contribution in [1.82, 2.24) is 9.47 Å². The molecule has 2 unspecified atom stereocenters. The van der Waals surface area contributed by atoms with Crippen molar-refractivity contribution in [1.29, 1.82) is 5.26 Å². The quantitative estimate of drug-likeness (QED) is 0.295. The summed E-state index contributed by atoms with van der Waals surface area (Å²) in [6, 6.07) is 2.09. The number of carbonyl (C=O) groups excluding carboxylic acids is 1. The molecule has 7 nitrogen and oxygen atoms in total. The van der Waals surface area contributed by atoms with Gasteiger partial charge in [-0.15, -0.1) is 0 Å². The summed E-state index contributed by atoms with van der Waals surface area (Å²) in [4.78, 5) is 30.8. The van der Waals surface area contributed by atoms with Crippen molar-refractivity contribution >= 4 is 46.1 Å². The molecule has 0 N–H and O–H groups in total. The summed E-state index contributed by atoms with van der Waals surface area (Å²) in [5.41, 5.74) is 1.13. The zero-order valence-electron chi connectivity index (χ0n) is 20.7. The lowest BCUT2D eigenvalue weighted by Crippen LogP contribution is -2.48. The van der Waals surface area contributed by atoms with Crippen LogP contribution in [0.3, 0.4) is 0 Å². The zero-order valence-corrected chi connectivity index (χ0v) is 22.4. The van der Waals surface area contributed by atoms with E-state index in [0.29, 0.717) is 41.0 Å². The molecular weight excluding hydrogens is 468 g/mol. The predicted octanol–water partition coefficient (Wildman–Crippen LogP) is 4.44. The van der Waals surface area contributed by atoms with Crippen LogP contribution in [0.1, 0.15) is 70.1 Å². The number of hydrogen-bond donors (Lipinski definition) is 0. The standard InChI is InChI=1S/C25H34N4O3S2/c1-6-8-9-10-11-29-24(31)21(34-25(29)33)12-19-18(5)20(13-26)23(30)28(7-2)22(19)27-14-16(3)32-17(4)15-27/h12,16-17H,6-11,14-15H2,1-5H3/b21-12-. The van der Waals surface area contributed by atoms with Crippen LogP contribution in [-0.4, -0.2) is 51.5 Å². The highest BCUT2D eigenvalue weighted by molar-refractivity contribution is 8.26. The van der Waals surface area contributed by atoms with E-state index >= 15 is 0 Å². The third-order valence-corrected chi connectivity index (χ3v) is 7.64. The fourth-order valence-corrected chi connectivity index (χ4v) is 5.94. The molecule has 2 saturated heterocycles. The van der Waals surface area contributed by atoms with Crippen molar-refractivity contribution in [3.8, 4) is 6.07 Å². The first kappa shape index (κ1) is 26.5. The highest BCUT2D eigenvalue weighted by atomic mass is 32.2. The van der Waals surface area contributed by atoms with Gasteiger partial charge in [-0.2, -0.15) is 5.26 Å². The van der Waals surface area contributed by atoms with Gasteiger partial charge < -0.3 is 9.64 Å². The maximum atomic E-state index is 13.2. The van der Waals surface area contributed by atoms with Crippen LogP contribution in [0.25, 0.3) is 6.08 Å². The fourth-order valence-electron chi connectivity index (χ4n) is 4.65. The van der Waals surface area contributed by atoms with Gasteiger partial charge in [0.1, 0.15) is 21.8 Å². The maximum Gasteiger partial charge on any atom is 0.270 e. The van der Waals surface area contributed by atoms with Crippen LogP contribution < -0.4 is 10.5 Å². The molecule has 2 fully saturated rings. The Morgan fingerprint density at radius 1 is 1.18 bits per heavy atom. The molecule has 0 radical (unpaired) electrons.